The van der Waals surface area contributed by atoms with E-state index in [0.717, 1.165) is 18.9 Å². The average Bonchev–Trinajstić information content (AvgIpc) is 3.24. The van der Waals surface area contributed by atoms with Crippen molar-refractivity contribution in [3.05, 3.63) is 35.4 Å². The Morgan fingerprint density at radius 2 is 2.00 bits per heavy atom. The highest BCUT2D eigenvalue weighted by molar-refractivity contribution is 5.74. The van der Waals surface area contributed by atoms with E-state index in [9.17, 15) is 13.6 Å². The van der Waals surface area contributed by atoms with Gasteiger partial charge in [0.25, 0.3) is 0 Å². The number of amides is 2. The molecule has 0 unspecified atom stereocenters. The maximum Gasteiger partial charge on any atom is 0.314 e. The minimum atomic E-state index is -0.603. The van der Waals surface area contributed by atoms with Crippen LogP contribution < -0.4 is 10.6 Å². The molecule has 0 radical (unpaired) electrons. The van der Waals surface area contributed by atoms with Gasteiger partial charge in [0.1, 0.15) is 11.6 Å². The van der Waals surface area contributed by atoms with E-state index in [0.29, 0.717) is 18.7 Å². The molecule has 0 aliphatic heterocycles. The quantitative estimate of drug-likeness (QED) is 0.755. The number of nitrogens with one attached hydrogen (secondary N) is 2. The van der Waals surface area contributed by atoms with Crippen molar-refractivity contribution in [2.75, 3.05) is 19.7 Å². The van der Waals surface area contributed by atoms with Gasteiger partial charge in [-0.2, -0.15) is 0 Å². The highest BCUT2D eigenvalue weighted by Gasteiger charge is 2.46. The first kappa shape index (κ1) is 16.7. The summed E-state index contributed by atoms with van der Waals surface area (Å²) in [7, 11) is 0. The molecular weight excluding hydrogens is 290 g/mol. The number of hydrogen-bond donors (Lipinski definition) is 3. The van der Waals surface area contributed by atoms with Crippen molar-refractivity contribution in [1.29, 1.82) is 0 Å². The predicted molar refractivity (Wildman–Crippen MR) is 79.5 cm³/mol. The number of carbonyl (C=O) groups is 1. The van der Waals surface area contributed by atoms with Gasteiger partial charge in [0.05, 0.1) is 0 Å². The minimum Gasteiger partial charge on any atom is -0.396 e. The molecule has 3 N–H and O–H groups in total. The highest BCUT2D eigenvalue weighted by Crippen LogP contribution is 2.48. The zero-order chi connectivity index (χ0) is 16.4. The summed E-state index contributed by atoms with van der Waals surface area (Å²) in [6.45, 7) is 4.29. The third-order valence-corrected chi connectivity index (χ3v) is 4.10. The first-order valence-corrected chi connectivity index (χ1v) is 7.36. The monoisotopic (exact) mass is 312 g/mol. The molecule has 0 saturated heterocycles. The molecule has 6 heteroatoms. The van der Waals surface area contributed by atoms with Gasteiger partial charge < -0.3 is 15.7 Å². The fourth-order valence-corrected chi connectivity index (χ4v) is 2.30. The fraction of sp³-hybridized carbons (Fsp3) is 0.562. The van der Waals surface area contributed by atoms with Gasteiger partial charge in [0.2, 0.25) is 0 Å². The lowest BCUT2D eigenvalue weighted by Gasteiger charge is -2.23. The molecule has 1 aromatic rings. The normalized spacial score (nSPS) is 16.2. The first-order chi connectivity index (χ1) is 10.3. The van der Waals surface area contributed by atoms with Crippen LogP contribution in [0.15, 0.2) is 18.2 Å². The van der Waals surface area contributed by atoms with Gasteiger partial charge in [0, 0.05) is 36.6 Å². The number of hydrogen-bond acceptors (Lipinski definition) is 2. The first-order valence-electron chi connectivity index (χ1n) is 7.36. The number of carbonyl (C=O) groups excluding carboxylic acids is 1. The number of halogens is 2. The molecular formula is C16H22F2N2O2. The molecule has 1 fully saturated rings. The molecule has 22 heavy (non-hydrogen) atoms. The second-order valence-corrected chi connectivity index (χ2v) is 6.76. The Morgan fingerprint density at radius 3 is 2.55 bits per heavy atom. The number of aliphatic hydroxyl groups excluding tert-OH is 1. The Balaban J connectivity index is 1.90. The Kier molecular flexibility index (Phi) is 4.70. The molecule has 122 valence electrons. The molecule has 1 aliphatic rings. The largest absolute Gasteiger partial charge is 0.396 e. The summed E-state index contributed by atoms with van der Waals surface area (Å²) in [5.41, 5.74) is -0.371. The van der Waals surface area contributed by atoms with Gasteiger partial charge in [-0.25, -0.2) is 13.6 Å². The van der Waals surface area contributed by atoms with Crippen LogP contribution in [0.1, 0.15) is 32.3 Å². The third kappa shape index (κ3) is 3.94. The Morgan fingerprint density at radius 1 is 1.32 bits per heavy atom. The SMILES string of the molecule is CC(C)(CO)CNC(=O)NCC1(c2ccc(F)cc2F)CC1. The van der Waals surface area contributed by atoms with Crippen LogP contribution in [0.5, 0.6) is 0 Å². The third-order valence-electron chi connectivity index (χ3n) is 4.10. The van der Waals surface area contributed by atoms with E-state index in [2.05, 4.69) is 10.6 Å². The standard InChI is InChI=1S/C16H22F2N2O2/c1-15(2,10-21)8-19-14(22)20-9-16(5-6-16)12-4-3-11(17)7-13(12)18/h3-4,7,21H,5-6,8-10H2,1-2H3,(H2,19,20,22). The van der Waals surface area contributed by atoms with E-state index in [1.807, 2.05) is 13.8 Å². The molecule has 1 saturated carbocycles. The van der Waals surface area contributed by atoms with Crippen molar-refractivity contribution < 1.29 is 18.7 Å². The summed E-state index contributed by atoms with van der Waals surface area (Å²) in [6, 6.07) is 3.21. The van der Waals surface area contributed by atoms with Gasteiger partial charge in [-0.05, 0) is 24.5 Å². The molecule has 2 rings (SSSR count). The predicted octanol–water partition coefficient (Wildman–Crippen LogP) is 2.31. The van der Waals surface area contributed by atoms with Crippen LogP contribution in [0.25, 0.3) is 0 Å². The summed E-state index contributed by atoms with van der Waals surface area (Å²) >= 11 is 0. The molecule has 4 nitrogen and oxygen atoms in total. The summed E-state index contributed by atoms with van der Waals surface area (Å²) < 4.78 is 26.8. The molecule has 0 atom stereocenters. The zero-order valence-electron chi connectivity index (χ0n) is 12.9. The van der Waals surface area contributed by atoms with Crippen LogP contribution in [0.4, 0.5) is 13.6 Å². The highest BCUT2D eigenvalue weighted by atomic mass is 19.1. The van der Waals surface area contributed by atoms with Crippen LogP contribution >= 0.6 is 0 Å². The molecule has 0 spiro atoms. The summed E-state index contributed by atoms with van der Waals surface area (Å²) in [5, 5.41) is 14.5. The number of aliphatic hydroxyl groups is 1. The van der Waals surface area contributed by atoms with Gasteiger partial charge in [-0.3, -0.25) is 0 Å². The van der Waals surface area contributed by atoms with Gasteiger partial charge in [-0.15, -0.1) is 0 Å². The second kappa shape index (κ2) is 6.20. The van der Waals surface area contributed by atoms with Crippen molar-refractivity contribution in [3.63, 3.8) is 0 Å². The molecule has 0 aromatic heterocycles. The van der Waals surface area contributed by atoms with E-state index >= 15 is 0 Å². The fourth-order valence-electron chi connectivity index (χ4n) is 2.30. The van der Waals surface area contributed by atoms with Crippen molar-refractivity contribution in [1.82, 2.24) is 10.6 Å². The maximum atomic E-state index is 13.9. The van der Waals surface area contributed by atoms with Crippen molar-refractivity contribution >= 4 is 6.03 Å². The van der Waals surface area contributed by atoms with Crippen LogP contribution in [0.3, 0.4) is 0 Å². The van der Waals surface area contributed by atoms with Crippen molar-refractivity contribution in [2.24, 2.45) is 5.41 Å². The second-order valence-electron chi connectivity index (χ2n) is 6.76. The van der Waals surface area contributed by atoms with E-state index in [-0.39, 0.29) is 12.6 Å². The Hall–Kier alpha value is -1.69. The summed E-state index contributed by atoms with van der Waals surface area (Å²) in [4.78, 5) is 11.8. The van der Waals surface area contributed by atoms with Crippen LogP contribution in [-0.4, -0.2) is 30.8 Å². The van der Waals surface area contributed by atoms with E-state index in [1.54, 1.807) is 0 Å². The van der Waals surface area contributed by atoms with Gasteiger partial charge in [-0.1, -0.05) is 19.9 Å². The van der Waals surface area contributed by atoms with Crippen LogP contribution in [0.2, 0.25) is 0 Å². The van der Waals surface area contributed by atoms with E-state index < -0.39 is 22.5 Å². The van der Waals surface area contributed by atoms with Gasteiger partial charge in [0.15, 0.2) is 0 Å². The van der Waals surface area contributed by atoms with Crippen LogP contribution in [0, 0.1) is 17.0 Å². The zero-order valence-corrected chi connectivity index (χ0v) is 12.9. The molecule has 0 bridgehead atoms. The minimum absolute atomic E-state index is 0.0298. The summed E-state index contributed by atoms with van der Waals surface area (Å²) in [6.07, 6.45) is 1.52. The number of benzene rings is 1. The summed E-state index contributed by atoms with van der Waals surface area (Å²) in [5.74, 6) is -1.17. The number of urea groups is 1. The van der Waals surface area contributed by atoms with E-state index in [1.165, 1.54) is 12.1 Å². The van der Waals surface area contributed by atoms with Crippen molar-refractivity contribution in [2.45, 2.75) is 32.1 Å². The Labute approximate surface area is 128 Å². The average molecular weight is 312 g/mol. The molecule has 0 heterocycles. The van der Waals surface area contributed by atoms with Crippen molar-refractivity contribution in [3.8, 4) is 0 Å². The van der Waals surface area contributed by atoms with E-state index in [4.69, 9.17) is 5.11 Å². The lowest BCUT2D eigenvalue weighted by molar-refractivity contribution is 0.157. The topological polar surface area (TPSA) is 61.4 Å². The lowest BCUT2D eigenvalue weighted by atomic mass is 9.95. The smallest absolute Gasteiger partial charge is 0.314 e. The molecule has 1 aromatic carbocycles. The maximum absolute atomic E-state index is 13.9. The van der Waals surface area contributed by atoms with Gasteiger partial charge >= 0.3 is 6.03 Å². The number of rotatable bonds is 6. The van der Waals surface area contributed by atoms with Crippen LogP contribution in [-0.2, 0) is 5.41 Å². The molecule has 2 amide bonds. The Bertz CT molecular complexity index is 557. The lowest BCUT2D eigenvalue weighted by Crippen LogP contribution is -2.44. The molecule has 1 aliphatic carbocycles.